The SMILES string of the molecule is CNC(C)(CC(C)N1CCS(=O)(=O)CC1C)C(=O)O. The lowest BCUT2D eigenvalue weighted by molar-refractivity contribution is -0.144. The van der Waals surface area contributed by atoms with Crippen LogP contribution in [-0.2, 0) is 14.6 Å². The number of carboxylic acid groups (broad SMARTS) is 1. The Morgan fingerprint density at radius 1 is 1.58 bits per heavy atom. The lowest BCUT2D eigenvalue weighted by Crippen LogP contribution is -2.56. The fourth-order valence-electron chi connectivity index (χ4n) is 2.67. The summed E-state index contributed by atoms with van der Waals surface area (Å²) in [6.07, 6.45) is 0.434. The molecule has 0 aromatic rings. The van der Waals surface area contributed by atoms with Gasteiger partial charge in [0.05, 0.1) is 11.5 Å². The van der Waals surface area contributed by atoms with Gasteiger partial charge in [-0.1, -0.05) is 0 Å². The number of carboxylic acids is 1. The van der Waals surface area contributed by atoms with Crippen molar-refractivity contribution in [3.8, 4) is 0 Å². The molecule has 1 fully saturated rings. The molecular formula is C12H24N2O4S. The van der Waals surface area contributed by atoms with E-state index in [0.29, 0.717) is 13.0 Å². The lowest BCUT2D eigenvalue weighted by atomic mass is 9.92. The summed E-state index contributed by atoms with van der Waals surface area (Å²) >= 11 is 0. The van der Waals surface area contributed by atoms with Crippen molar-refractivity contribution in [2.24, 2.45) is 0 Å². The molecule has 0 radical (unpaired) electrons. The van der Waals surface area contributed by atoms with E-state index in [-0.39, 0.29) is 23.6 Å². The molecule has 0 amide bonds. The Morgan fingerprint density at radius 3 is 2.58 bits per heavy atom. The molecule has 0 aliphatic carbocycles. The maximum Gasteiger partial charge on any atom is 0.323 e. The zero-order chi connectivity index (χ0) is 14.8. The summed E-state index contributed by atoms with van der Waals surface area (Å²) in [5.41, 5.74) is -0.991. The Kier molecular flexibility index (Phi) is 4.97. The molecule has 1 heterocycles. The number of sulfone groups is 1. The van der Waals surface area contributed by atoms with Crippen LogP contribution in [0.3, 0.4) is 0 Å². The van der Waals surface area contributed by atoms with Crippen LogP contribution in [-0.4, -0.2) is 67.1 Å². The molecular weight excluding hydrogens is 268 g/mol. The second-order valence-corrected chi connectivity index (χ2v) is 7.87. The van der Waals surface area contributed by atoms with E-state index in [2.05, 4.69) is 10.2 Å². The fraction of sp³-hybridized carbons (Fsp3) is 0.917. The van der Waals surface area contributed by atoms with E-state index in [1.54, 1.807) is 14.0 Å². The van der Waals surface area contributed by atoms with Crippen LogP contribution in [0, 0.1) is 0 Å². The van der Waals surface area contributed by atoms with Gasteiger partial charge in [0, 0.05) is 18.6 Å². The molecule has 1 saturated heterocycles. The smallest absolute Gasteiger partial charge is 0.323 e. The van der Waals surface area contributed by atoms with Crippen molar-refractivity contribution in [1.29, 1.82) is 0 Å². The summed E-state index contributed by atoms with van der Waals surface area (Å²) in [7, 11) is -1.31. The Labute approximate surface area is 115 Å². The van der Waals surface area contributed by atoms with Gasteiger partial charge in [-0.05, 0) is 34.2 Å². The quantitative estimate of drug-likeness (QED) is 0.738. The first-order valence-electron chi connectivity index (χ1n) is 6.50. The Balaban J connectivity index is 2.74. The van der Waals surface area contributed by atoms with E-state index < -0.39 is 21.3 Å². The molecule has 1 rings (SSSR count). The molecule has 112 valence electrons. The first kappa shape index (κ1) is 16.4. The minimum Gasteiger partial charge on any atom is -0.480 e. The molecule has 0 aromatic heterocycles. The molecule has 1 aliphatic rings. The van der Waals surface area contributed by atoms with Crippen molar-refractivity contribution in [2.75, 3.05) is 25.1 Å². The van der Waals surface area contributed by atoms with Crippen molar-refractivity contribution >= 4 is 15.8 Å². The average Bonchev–Trinajstić information content (AvgIpc) is 2.26. The zero-order valence-corrected chi connectivity index (χ0v) is 12.8. The summed E-state index contributed by atoms with van der Waals surface area (Å²) in [5.74, 6) is -0.578. The molecule has 0 spiro atoms. The number of hydrogen-bond donors (Lipinski definition) is 2. The van der Waals surface area contributed by atoms with Crippen LogP contribution < -0.4 is 5.32 Å². The summed E-state index contributed by atoms with van der Waals surface area (Å²) in [5, 5.41) is 12.1. The molecule has 1 aliphatic heterocycles. The van der Waals surface area contributed by atoms with Crippen molar-refractivity contribution in [2.45, 2.75) is 44.8 Å². The molecule has 3 atom stereocenters. The van der Waals surface area contributed by atoms with Gasteiger partial charge in [0.1, 0.15) is 5.54 Å². The van der Waals surface area contributed by atoms with E-state index in [1.165, 1.54) is 0 Å². The van der Waals surface area contributed by atoms with Crippen LogP contribution in [0.5, 0.6) is 0 Å². The van der Waals surface area contributed by atoms with Crippen LogP contribution in [0.15, 0.2) is 0 Å². The molecule has 19 heavy (non-hydrogen) atoms. The van der Waals surface area contributed by atoms with Gasteiger partial charge in [-0.15, -0.1) is 0 Å². The number of nitrogens with one attached hydrogen (secondary N) is 1. The van der Waals surface area contributed by atoms with E-state index in [4.69, 9.17) is 0 Å². The van der Waals surface area contributed by atoms with Crippen LogP contribution in [0.2, 0.25) is 0 Å². The highest BCUT2D eigenvalue weighted by molar-refractivity contribution is 7.91. The predicted molar refractivity (Wildman–Crippen MR) is 74.0 cm³/mol. The standard InChI is InChI=1S/C12H24N2O4S/c1-9(7-12(3,13-4)11(15)16)14-5-6-19(17,18)8-10(14)2/h9-10,13H,5-8H2,1-4H3,(H,15,16). The Morgan fingerprint density at radius 2 is 2.16 bits per heavy atom. The third-order valence-electron chi connectivity index (χ3n) is 4.02. The lowest BCUT2D eigenvalue weighted by Gasteiger charge is -2.40. The maximum atomic E-state index is 11.5. The number of carbonyl (C=O) groups is 1. The van der Waals surface area contributed by atoms with Crippen molar-refractivity contribution in [1.82, 2.24) is 10.2 Å². The molecule has 0 bridgehead atoms. The summed E-state index contributed by atoms with van der Waals surface area (Å²) in [4.78, 5) is 13.4. The van der Waals surface area contributed by atoms with Gasteiger partial charge in [0.25, 0.3) is 0 Å². The van der Waals surface area contributed by atoms with Gasteiger partial charge in [0.15, 0.2) is 9.84 Å². The third-order valence-corrected chi connectivity index (χ3v) is 5.81. The maximum absolute atomic E-state index is 11.5. The Hall–Kier alpha value is -0.660. The molecule has 3 unspecified atom stereocenters. The van der Waals surface area contributed by atoms with Gasteiger partial charge in [-0.3, -0.25) is 9.69 Å². The van der Waals surface area contributed by atoms with Crippen molar-refractivity contribution in [3.05, 3.63) is 0 Å². The van der Waals surface area contributed by atoms with E-state index in [9.17, 15) is 18.3 Å². The van der Waals surface area contributed by atoms with Crippen molar-refractivity contribution < 1.29 is 18.3 Å². The van der Waals surface area contributed by atoms with Crippen molar-refractivity contribution in [3.63, 3.8) is 0 Å². The van der Waals surface area contributed by atoms with Gasteiger partial charge in [-0.2, -0.15) is 0 Å². The van der Waals surface area contributed by atoms with E-state index >= 15 is 0 Å². The predicted octanol–water partition coefficient (Wildman–Crippen LogP) is -0.0534. The summed E-state index contributed by atoms with van der Waals surface area (Å²) in [6, 6.07) is -0.0531. The van der Waals surface area contributed by atoms with Gasteiger partial charge in [-0.25, -0.2) is 8.42 Å². The molecule has 2 N–H and O–H groups in total. The number of rotatable bonds is 5. The summed E-state index contributed by atoms with van der Waals surface area (Å²) in [6.45, 7) is 5.96. The summed E-state index contributed by atoms with van der Waals surface area (Å²) < 4.78 is 23.1. The molecule has 7 heteroatoms. The zero-order valence-electron chi connectivity index (χ0n) is 12.0. The van der Waals surface area contributed by atoms with Gasteiger partial charge >= 0.3 is 5.97 Å². The Bertz CT molecular complexity index is 437. The second kappa shape index (κ2) is 5.76. The minimum absolute atomic E-state index is 0.0130. The second-order valence-electron chi connectivity index (χ2n) is 5.64. The monoisotopic (exact) mass is 292 g/mol. The number of nitrogens with zero attached hydrogens (tertiary/aromatic N) is 1. The minimum atomic E-state index is -2.94. The third kappa shape index (κ3) is 3.90. The molecule has 6 nitrogen and oxygen atoms in total. The van der Waals surface area contributed by atoms with Crippen LogP contribution in [0.1, 0.15) is 27.2 Å². The fourth-order valence-corrected chi connectivity index (χ4v) is 4.25. The molecule has 0 aromatic carbocycles. The van der Waals surface area contributed by atoms with Crippen LogP contribution in [0.4, 0.5) is 0 Å². The first-order valence-corrected chi connectivity index (χ1v) is 8.32. The highest BCUT2D eigenvalue weighted by Crippen LogP contribution is 2.21. The van der Waals surface area contributed by atoms with E-state index in [0.717, 1.165) is 0 Å². The first-order chi connectivity index (χ1) is 8.61. The normalized spacial score (nSPS) is 28.5. The highest BCUT2D eigenvalue weighted by atomic mass is 32.2. The number of aliphatic carboxylic acids is 1. The van der Waals surface area contributed by atoms with E-state index in [1.807, 2.05) is 13.8 Å². The van der Waals surface area contributed by atoms with Gasteiger partial charge < -0.3 is 10.4 Å². The van der Waals surface area contributed by atoms with Crippen LogP contribution in [0.25, 0.3) is 0 Å². The number of likely N-dealkylation sites (N-methyl/N-ethyl adjacent to an activating group) is 1. The molecule has 0 saturated carbocycles. The average molecular weight is 292 g/mol. The van der Waals surface area contributed by atoms with Gasteiger partial charge in [0.2, 0.25) is 0 Å². The number of hydrogen-bond acceptors (Lipinski definition) is 5. The topological polar surface area (TPSA) is 86.7 Å². The highest BCUT2D eigenvalue weighted by Gasteiger charge is 2.37. The van der Waals surface area contributed by atoms with Crippen LogP contribution >= 0.6 is 0 Å². The largest absolute Gasteiger partial charge is 0.480 e.